The summed E-state index contributed by atoms with van der Waals surface area (Å²) in [6.45, 7) is 7.29. The van der Waals surface area contributed by atoms with Crippen LogP contribution in [0.1, 0.15) is 40.0 Å². The normalized spacial score (nSPS) is 10.1. The highest BCUT2D eigenvalue weighted by Crippen LogP contribution is 1.97. The first-order chi connectivity index (χ1) is 8.06. The van der Waals surface area contributed by atoms with E-state index in [-0.39, 0.29) is 5.91 Å². The van der Waals surface area contributed by atoms with Crippen LogP contribution in [0.3, 0.4) is 0 Å². The van der Waals surface area contributed by atoms with Gasteiger partial charge in [-0.2, -0.15) is 0 Å². The summed E-state index contributed by atoms with van der Waals surface area (Å²) in [5.41, 5.74) is 0. The number of rotatable bonds is 8. The summed E-state index contributed by atoms with van der Waals surface area (Å²) in [5.74, 6) is 0.364. The number of ether oxygens (including phenoxy) is 1. The Morgan fingerprint density at radius 3 is 2.41 bits per heavy atom. The lowest BCUT2D eigenvalue weighted by Crippen LogP contribution is -2.35. The van der Waals surface area contributed by atoms with E-state index in [1.807, 2.05) is 20.8 Å². The Kier molecular flexibility index (Phi) is 9.19. The van der Waals surface area contributed by atoms with Crippen LogP contribution < -0.4 is 10.6 Å². The SMILES string of the molecule is CCCCOC(=O)NCCNC(=O)CC(C)C. The summed E-state index contributed by atoms with van der Waals surface area (Å²) in [7, 11) is 0. The largest absolute Gasteiger partial charge is 0.450 e. The van der Waals surface area contributed by atoms with Gasteiger partial charge in [-0.3, -0.25) is 4.79 Å². The smallest absolute Gasteiger partial charge is 0.407 e. The molecule has 100 valence electrons. The van der Waals surface area contributed by atoms with Gasteiger partial charge in [-0.25, -0.2) is 4.79 Å². The van der Waals surface area contributed by atoms with Crippen LogP contribution in [0.5, 0.6) is 0 Å². The zero-order valence-electron chi connectivity index (χ0n) is 11.0. The number of hydrogen-bond acceptors (Lipinski definition) is 3. The zero-order chi connectivity index (χ0) is 13.1. The van der Waals surface area contributed by atoms with Gasteiger partial charge in [0.1, 0.15) is 0 Å². The van der Waals surface area contributed by atoms with E-state index >= 15 is 0 Å². The summed E-state index contributed by atoms with van der Waals surface area (Å²) in [6.07, 6.45) is 1.97. The molecule has 0 aliphatic carbocycles. The van der Waals surface area contributed by atoms with Crippen molar-refractivity contribution >= 4 is 12.0 Å². The van der Waals surface area contributed by atoms with Crippen LogP contribution in [-0.4, -0.2) is 31.7 Å². The van der Waals surface area contributed by atoms with Crippen molar-refractivity contribution in [2.75, 3.05) is 19.7 Å². The van der Waals surface area contributed by atoms with Crippen molar-refractivity contribution in [2.45, 2.75) is 40.0 Å². The molecule has 0 unspecified atom stereocenters. The predicted octanol–water partition coefficient (Wildman–Crippen LogP) is 1.68. The second-order valence-corrected chi connectivity index (χ2v) is 4.36. The van der Waals surface area contributed by atoms with Crippen molar-refractivity contribution in [3.8, 4) is 0 Å². The number of nitrogens with one attached hydrogen (secondary N) is 2. The number of amides is 2. The van der Waals surface area contributed by atoms with Crippen LogP contribution in [-0.2, 0) is 9.53 Å². The Hall–Kier alpha value is -1.26. The monoisotopic (exact) mass is 244 g/mol. The molecule has 0 saturated heterocycles. The molecule has 0 radical (unpaired) electrons. The average molecular weight is 244 g/mol. The summed E-state index contributed by atoms with van der Waals surface area (Å²) < 4.78 is 4.89. The quantitative estimate of drug-likeness (QED) is 0.638. The molecule has 0 aliphatic rings. The van der Waals surface area contributed by atoms with Gasteiger partial charge in [-0.1, -0.05) is 27.2 Å². The number of alkyl carbamates (subject to hydrolysis) is 1. The molecule has 0 heterocycles. The van der Waals surface area contributed by atoms with Gasteiger partial charge in [0.25, 0.3) is 0 Å². The van der Waals surface area contributed by atoms with E-state index in [4.69, 9.17) is 4.74 Å². The molecule has 5 heteroatoms. The van der Waals surface area contributed by atoms with Crippen LogP contribution in [0.2, 0.25) is 0 Å². The van der Waals surface area contributed by atoms with Crippen molar-refractivity contribution in [3.05, 3.63) is 0 Å². The first kappa shape index (κ1) is 15.7. The molecular weight excluding hydrogens is 220 g/mol. The second kappa shape index (κ2) is 9.93. The molecular formula is C12H24N2O3. The van der Waals surface area contributed by atoms with Gasteiger partial charge in [0.05, 0.1) is 6.61 Å². The van der Waals surface area contributed by atoms with Crippen molar-refractivity contribution < 1.29 is 14.3 Å². The van der Waals surface area contributed by atoms with E-state index in [0.29, 0.717) is 32.0 Å². The molecule has 0 spiro atoms. The van der Waals surface area contributed by atoms with Crippen molar-refractivity contribution in [1.82, 2.24) is 10.6 Å². The van der Waals surface area contributed by atoms with Gasteiger partial charge in [0.15, 0.2) is 0 Å². The third-order valence-electron chi connectivity index (χ3n) is 2.04. The molecule has 0 rings (SSSR count). The Labute approximate surface area is 103 Å². The maximum absolute atomic E-state index is 11.3. The van der Waals surface area contributed by atoms with E-state index in [1.165, 1.54) is 0 Å². The third-order valence-corrected chi connectivity index (χ3v) is 2.04. The first-order valence-corrected chi connectivity index (χ1v) is 6.23. The minimum Gasteiger partial charge on any atom is -0.450 e. The van der Waals surface area contributed by atoms with E-state index in [0.717, 1.165) is 12.8 Å². The van der Waals surface area contributed by atoms with Crippen LogP contribution in [0, 0.1) is 5.92 Å². The van der Waals surface area contributed by atoms with E-state index in [2.05, 4.69) is 10.6 Å². The summed E-state index contributed by atoms with van der Waals surface area (Å²) in [5, 5.41) is 5.30. The molecule has 0 atom stereocenters. The highest BCUT2D eigenvalue weighted by atomic mass is 16.5. The number of carbonyl (C=O) groups excluding carboxylic acids is 2. The Morgan fingerprint density at radius 2 is 1.82 bits per heavy atom. The molecule has 2 amide bonds. The molecule has 5 nitrogen and oxygen atoms in total. The topological polar surface area (TPSA) is 67.4 Å². The molecule has 0 aromatic heterocycles. The Balaban J connectivity index is 3.38. The lowest BCUT2D eigenvalue weighted by Gasteiger charge is -2.08. The number of unbranched alkanes of at least 4 members (excludes halogenated alkanes) is 1. The fourth-order valence-electron chi connectivity index (χ4n) is 1.17. The highest BCUT2D eigenvalue weighted by molar-refractivity contribution is 5.76. The van der Waals surface area contributed by atoms with Gasteiger partial charge in [-0.15, -0.1) is 0 Å². The van der Waals surface area contributed by atoms with Crippen molar-refractivity contribution in [2.24, 2.45) is 5.92 Å². The predicted molar refractivity (Wildman–Crippen MR) is 66.7 cm³/mol. The third kappa shape index (κ3) is 11.0. The van der Waals surface area contributed by atoms with Gasteiger partial charge in [0.2, 0.25) is 5.91 Å². The summed E-state index contributed by atoms with van der Waals surface area (Å²) >= 11 is 0. The zero-order valence-corrected chi connectivity index (χ0v) is 11.0. The molecule has 0 aliphatic heterocycles. The van der Waals surface area contributed by atoms with Crippen LogP contribution in [0.4, 0.5) is 4.79 Å². The minimum atomic E-state index is -0.420. The summed E-state index contributed by atoms with van der Waals surface area (Å²) in [4.78, 5) is 22.3. The van der Waals surface area contributed by atoms with Crippen LogP contribution >= 0.6 is 0 Å². The van der Waals surface area contributed by atoms with Crippen LogP contribution in [0.25, 0.3) is 0 Å². The fourth-order valence-corrected chi connectivity index (χ4v) is 1.17. The minimum absolute atomic E-state index is 0.0150. The van der Waals surface area contributed by atoms with Gasteiger partial charge < -0.3 is 15.4 Å². The van der Waals surface area contributed by atoms with E-state index in [9.17, 15) is 9.59 Å². The van der Waals surface area contributed by atoms with Crippen molar-refractivity contribution in [3.63, 3.8) is 0 Å². The fraction of sp³-hybridized carbons (Fsp3) is 0.833. The summed E-state index contributed by atoms with van der Waals surface area (Å²) in [6, 6.07) is 0. The lowest BCUT2D eigenvalue weighted by molar-refractivity contribution is -0.121. The molecule has 0 aromatic carbocycles. The van der Waals surface area contributed by atoms with Gasteiger partial charge in [0, 0.05) is 19.5 Å². The van der Waals surface area contributed by atoms with E-state index in [1.54, 1.807) is 0 Å². The molecule has 0 bridgehead atoms. The first-order valence-electron chi connectivity index (χ1n) is 6.23. The molecule has 17 heavy (non-hydrogen) atoms. The Morgan fingerprint density at radius 1 is 1.18 bits per heavy atom. The molecule has 0 fully saturated rings. The second-order valence-electron chi connectivity index (χ2n) is 4.36. The molecule has 0 aromatic rings. The van der Waals surface area contributed by atoms with Crippen molar-refractivity contribution in [1.29, 1.82) is 0 Å². The van der Waals surface area contributed by atoms with E-state index < -0.39 is 6.09 Å². The maximum Gasteiger partial charge on any atom is 0.407 e. The maximum atomic E-state index is 11.3. The van der Waals surface area contributed by atoms with Crippen LogP contribution in [0.15, 0.2) is 0 Å². The average Bonchev–Trinajstić information content (AvgIpc) is 2.24. The van der Waals surface area contributed by atoms with Gasteiger partial charge in [-0.05, 0) is 12.3 Å². The Bertz CT molecular complexity index is 230. The standard InChI is InChI=1S/C12H24N2O3/c1-4-5-8-17-12(16)14-7-6-13-11(15)9-10(2)3/h10H,4-9H2,1-3H3,(H,13,15)(H,14,16). The number of carbonyl (C=O) groups is 2. The molecule has 2 N–H and O–H groups in total. The highest BCUT2D eigenvalue weighted by Gasteiger charge is 2.04. The molecule has 0 saturated carbocycles. The van der Waals surface area contributed by atoms with Gasteiger partial charge >= 0.3 is 6.09 Å². The lowest BCUT2D eigenvalue weighted by atomic mass is 10.1. The number of hydrogen-bond donors (Lipinski definition) is 2.